The molecule has 110 valence electrons. The van der Waals surface area contributed by atoms with Crippen molar-refractivity contribution < 1.29 is 0 Å². The van der Waals surface area contributed by atoms with E-state index in [0.717, 1.165) is 25.3 Å². The molecule has 4 nitrogen and oxygen atoms in total. The van der Waals surface area contributed by atoms with Gasteiger partial charge < -0.3 is 5.32 Å². The first-order valence-corrected chi connectivity index (χ1v) is 7.21. The molecule has 0 bridgehead atoms. The lowest BCUT2D eigenvalue weighted by Crippen LogP contribution is -2.42. The van der Waals surface area contributed by atoms with E-state index in [9.17, 15) is 0 Å². The Morgan fingerprint density at radius 2 is 1.84 bits per heavy atom. The van der Waals surface area contributed by atoms with Crippen LogP contribution in [-0.4, -0.2) is 26.8 Å². The quantitative estimate of drug-likeness (QED) is 0.861. The van der Waals surface area contributed by atoms with Gasteiger partial charge in [-0.3, -0.25) is 0 Å². The number of hydrogen-bond acceptors (Lipinski definition) is 3. The van der Waals surface area contributed by atoms with Gasteiger partial charge in [0.05, 0.1) is 0 Å². The van der Waals surface area contributed by atoms with Gasteiger partial charge in [0.25, 0.3) is 0 Å². The van der Waals surface area contributed by atoms with Crippen molar-refractivity contribution in [1.29, 1.82) is 0 Å². The summed E-state index contributed by atoms with van der Waals surface area (Å²) < 4.78 is 2.05. The third-order valence-electron chi connectivity index (χ3n) is 2.97. The van der Waals surface area contributed by atoms with Crippen molar-refractivity contribution in [1.82, 2.24) is 20.1 Å². The van der Waals surface area contributed by atoms with E-state index in [0.29, 0.717) is 5.92 Å². The van der Waals surface area contributed by atoms with E-state index in [2.05, 4.69) is 63.9 Å². The summed E-state index contributed by atoms with van der Waals surface area (Å²) >= 11 is 0. The van der Waals surface area contributed by atoms with Gasteiger partial charge in [0.2, 0.25) is 0 Å². The molecule has 1 aromatic heterocycles. The van der Waals surface area contributed by atoms with Crippen molar-refractivity contribution in [3.63, 3.8) is 0 Å². The Morgan fingerprint density at radius 1 is 1.21 bits per heavy atom. The van der Waals surface area contributed by atoms with Gasteiger partial charge >= 0.3 is 0 Å². The van der Waals surface area contributed by atoms with Gasteiger partial charge in [-0.15, -0.1) is 0 Å². The van der Waals surface area contributed by atoms with Gasteiger partial charge in [0.15, 0.2) is 0 Å². The predicted molar refractivity (Wildman–Crippen MR) is 80.1 cm³/mol. The van der Waals surface area contributed by atoms with Crippen molar-refractivity contribution in [3.05, 3.63) is 12.2 Å². The van der Waals surface area contributed by atoms with Crippen molar-refractivity contribution >= 4 is 0 Å². The minimum absolute atomic E-state index is 0.156. The highest BCUT2D eigenvalue weighted by Crippen LogP contribution is 2.21. The third-order valence-corrected chi connectivity index (χ3v) is 2.97. The largest absolute Gasteiger partial charge is 0.312 e. The zero-order chi connectivity index (χ0) is 14.7. The van der Waals surface area contributed by atoms with Crippen molar-refractivity contribution in [2.45, 2.75) is 67.0 Å². The Kier molecular flexibility index (Phi) is 5.13. The molecule has 0 saturated heterocycles. The second-order valence-electron chi connectivity index (χ2n) is 7.70. The van der Waals surface area contributed by atoms with E-state index in [1.807, 2.05) is 4.68 Å². The molecule has 0 amide bonds. The third kappa shape index (κ3) is 6.19. The molecule has 0 saturated carbocycles. The summed E-state index contributed by atoms with van der Waals surface area (Å²) in [6.45, 7) is 17.5. The van der Waals surface area contributed by atoms with Gasteiger partial charge in [-0.25, -0.2) is 9.67 Å². The molecular weight excluding hydrogens is 236 g/mol. The molecule has 0 atom stereocenters. The minimum Gasteiger partial charge on any atom is -0.312 e. The van der Waals surface area contributed by atoms with Crippen LogP contribution in [0.25, 0.3) is 0 Å². The van der Waals surface area contributed by atoms with Crippen LogP contribution >= 0.6 is 0 Å². The number of rotatable bonds is 6. The van der Waals surface area contributed by atoms with Gasteiger partial charge in [0, 0.05) is 25.0 Å². The van der Waals surface area contributed by atoms with Gasteiger partial charge in [-0.05, 0) is 32.1 Å². The zero-order valence-corrected chi connectivity index (χ0v) is 13.6. The lowest BCUT2D eigenvalue weighted by Gasteiger charge is -2.30. The van der Waals surface area contributed by atoms with E-state index in [1.54, 1.807) is 6.33 Å². The first-order valence-electron chi connectivity index (χ1n) is 7.21. The van der Waals surface area contributed by atoms with Crippen molar-refractivity contribution in [2.75, 3.05) is 6.54 Å². The summed E-state index contributed by atoms with van der Waals surface area (Å²) in [4.78, 5) is 4.42. The molecule has 4 heteroatoms. The molecule has 1 N–H and O–H groups in total. The van der Waals surface area contributed by atoms with E-state index in [-0.39, 0.29) is 11.0 Å². The Morgan fingerprint density at radius 3 is 2.37 bits per heavy atom. The maximum atomic E-state index is 4.42. The standard InChI is InChI=1S/C15H30N4/c1-12(2)9-19-13(16-11-18-19)8-15(6,7)10-17-14(3,4)5/h11-12,17H,8-10H2,1-7H3. The molecule has 0 unspecified atom stereocenters. The molecule has 0 radical (unpaired) electrons. The van der Waals surface area contributed by atoms with Crippen LogP contribution in [0.1, 0.15) is 54.3 Å². The average molecular weight is 266 g/mol. The molecule has 0 aliphatic rings. The summed E-state index contributed by atoms with van der Waals surface area (Å²) in [7, 11) is 0. The maximum Gasteiger partial charge on any atom is 0.138 e. The SMILES string of the molecule is CC(C)Cn1ncnc1CC(C)(C)CNC(C)(C)C. The average Bonchev–Trinajstić information content (AvgIpc) is 2.60. The highest BCUT2D eigenvalue weighted by atomic mass is 15.3. The molecule has 1 heterocycles. The van der Waals surface area contributed by atoms with Crippen LogP contribution in [0.3, 0.4) is 0 Å². The summed E-state index contributed by atoms with van der Waals surface area (Å²) in [6.07, 6.45) is 2.62. The molecule has 0 fully saturated rings. The topological polar surface area (TPSA) is 42.7 Å². The van der Waals surface area contributed by atoms with Crippen LogP contribution in [0.4, 0.5) is 0 Å². The Hall–Kier alpha value is -0.900. The molecule has 0 aliphatic carbocycles. The molecule has 1 rings (SSSR count). The van der Waals surface area contributed by atoms with E-state index >= 15 is 0 Å². The fourth-order valence-corrected chi connectivity index (χ4v) is 1.92. The first kappa shape index (κ1) is 16.2. The normalized spacial score (nSPS) is 13.3. The van der Waals surface area contributed by atoms with Crippen LogP contribution in [0.15, 0.2) is 6.33 Å². The van der Waals surface area contributed by atoms with Crippen LogP contribution in [0.5, 0.6) is 0 Å². The van der Waals surface area contributed by atoms with Gasteiger partial charge in [-0.2, -0.15) is 5.10 Å². The Balaban J connectivity index is 2.64. The molecule has 0 aliphatic heterocycles. The number of aromatic nitrogens is 3. The number of nitrogens with one attached hydrogen (secondary N) is 1. The second-order valence-corrected chi connectivity index (χ2v) is 7.70. The molecular formula is C15H30N4. The molecule has 0 spiro atoms. The van der Waals surface area contributed by atoms with Crippen LogP contribution in [0.2, 0.25) is 0 Å². The number of hydrogen-bond donors (Lipinski definition) is 1. The second kappa shape index (κ2) is 6.04. The van der Waals surface area contributed by atoms with E-state index < -0.39 is 0 Å². The molecule has 1 aromatic rings. The fourth-order valence-electron chi connectivity index (χ4n) is 1.92. The Labute approximate surface area is 118 Å². The molecule has 0 aromatic carbocycles. The first-order chi connectivity index (χ1) is 8.59. The summed E-state index contributed by atoms with van der Waals surface area (Å²) in [5.74, 6) is 1.69. The van der Waals surface area contributed by atoms with Crippen LogP contribution < -0.4 is 5.32 Å². The summed E-state index contributed by atoms with van der Waals surface area (Å²) in [6, 6.07) is 0. The minimum atomic E-state index is 0.156. The summed E-state index contributed by atoms with van der Waals surface area (Å²) in [5.41, 5.74) is 0.331. The lowest BCUT2D eigenvalue weighted by atomic mass is 9.88. The molecule has 19 heavy (non-hydrogen) atoms. The van der Waals surface area contributed by atoms with E-state index in [4.69, 9.17) is 0 Å². The van der Waals surface area contributed by atoms with Crippen molar-refractivity contribution in [2.24, 2.45) is 11.3 Å². The summed E-state index contributed by atoms with van der Waals surface area (Å²) in [5, 5.41) is 7.91. The van der Waals surface area contributed by atoms with Gasteiger partial charge in [0.1, 0.15) is 12.2 Å². The lowest BCUT2D eigenvalue weighted by molar-refractivity contribution is 0.279. The monoisotopic (exact) mass is 266 g/mol. The predicted octanol–water partition coefficient (Wildman–Crippen LogP) is 2.89. The Bertz CT molecular complexity index is 385. The van der Waals surface area contributed by atoms with Gasteiger partial charge in [-0.1, -0.05) is 27.7 Å². The van der Waals surface area contributed by atoms with Crippen LogP contribution in [0, 0.1) is 11.3 Å². The maximum absolute atomic E-state index is 4.42. The van der Waals surface area contributed by atoms with E-state index in [1.165, 1.54) is 0 Å². The highest BCUT2D eigenvalue weighted by Gasteiger charge is 2.23. The van der Waals surface area contributed by atoms with Crippen LogP contribution in [-0.2, 0) is 13.0 Å². The highest BCUT2D eigenvalue weighted by molar-refractivity contribution is 4.92. The zero-order valence-electron chi connectivity index (χ0n) is 13.6. The number of nitrogens with zero attached hydrogens (tertiary/aromatic N) is 3. The van der Waals surface area contributed by atoms with Crippen molar-refractivity contribution in [3.8, 4) is 0 Å². The fraction of sp³-hybridized carbons (Fsp3) is 0.867. The smallest absolute Gasteiger partial charge is 0.138 e.